The first-order chi connectivity index (χ1) is 4.30. The van der Waals surface area contributed by atoms with E-state index in [1.165, 1.54) is 0 Å². The second kappa shape index (κ2) is 2.44. The van der Waals surface area contributed by atoms with Crippen LogP contribution in [0.15, 0.2) is 30.3 Å². The zero-order chi connectivity index (χ0) is 6.69. The lowest BCUT2D eigenvalue weighted by atomic mass is 9.80. The van der Waals surface area contributed by atoms with Gasteiger partial charge in [0.1, 0.15) is 0 Å². The van der Waals surface area contributed by atoms with Gasteiger partial charge in [0.05, 0.1) is 0 Å². The molecule has 1 aromatic carbocycles. The molecule has 0 atom stereocenters. The Morgan fingerprint density at radius 1 is 1.22 bits per heavy atom. The average Bonchev–Trinajstić information content (AvgIpc) is 1.90. The monoisotopic (exact) mass is 119 g/mol. The lowest BCUT2D eigenvalue weighted by molar-refractivity contribution is 0.101. The van der Waals surface area contributed by atoms with Crippen LogP contribution in [-0.2, 0) is 0 Å². The zero-order valence-electron chi connectivity index (χ0n) is 5.29. The summed E-state index contributed by atoms with van der Waals surface area (Å²) in [5.41, 5.74) is 0.775. The first kappa shape index (κ1) is 6.02. The van der Waals surface area contributed by atoms with E-state index in [2.05, 4.69) is 0 Å². The minimum absolute atomic E-state index is 0.121. The predicted molar refractivity (Wildman–Crippen MR) is 36.4 cm³/mol. The summed E-state index contributed by atoms with van der Waals surface area (Å²) >= 11 is 0. The van der Waals surface area contributed by atoms with Gasteiger partial charge in [-0.3, -0.25) is 4.79 Å². The second-order valence-electron chi connectivity index (χ2n) is 1.92. The smallest absolute Gasteiger partial charge is 0.159 e. The molecule has 0 aromatic heterocycles. The largest absolute Gasteiger partial charge is 0.295 e. The third-order valence-electron chi connectivity index (χ3n) is 1.18. The van der Waals surface area contributed by atoms with E-state index in [0.717, 1.165) is 5.56 Å². The summed E-state index contributed by atoms with van der Waals surface area (Å²) in [5.74, 6) is 0.121. The maximum Gasteiger partial charge on any atom is 0.159 e. The fourth-order valence-electron chi connectivity index (χ4n) is 0.673. The molecule has 0 saturated heterocycles. The van der Waals surface area contributed by atoms with Gasteiger partial charge in [0.2, 0.25) is 0 Å². The van der Waals surface area contributed by atoms with Gasteiger partial charge in [-0.05, 0) is 6.92 Å². The number of hydrogen-bond acceptors (Lipinski definition) is 1. The van der Waals surface area contributed by atoms with Crippen molar-refractivity contribution < 1.29 is 4.79 Å². The second-order valence-corrected chi connectivity index (χ2v) is 1.92. The number of carbonyl (C=O) groups is 1. The van der Waals surface area contributed by atoms with E-state index >= 15 is 0 Å². The zero-order valence-corrected chi connectivity index (χ0v) is 5.29. The van der Waals surface area contributed by atoms with Crippen molar-refractivity contribution in [2.24, 2.45) is 0 Å². The third kappa shape index (κ3) is 1.39. The third-order valence-corrected chi connectivity index (χ3v) is 1.18. The van der Waals surface area contributed by atoms with Gasteiger partial charge in [0, 0.05) is 5.56 Å². The Bertz CT molecular complexity index is 201. The summed E-state index contributed by atoms with van der Waals surface area (Å²) in [5, 5.41) is 0. The first-order valence-electron chi connectivity index (χ1n) is 2.86. The molecule has 0 fully saturated rings. The van der Waals surface area contributed by atoms with Crippen LogP contribution in [0.5, 0.6) is 0 Å². The number of Topliss-reactive ketones (excluding diaryl/α,β-unsaturated/α-hetero) is 1. The Morgan fingerprint density at radius 3 is 2.11 bits per heavy atom. The van der Waals surface area contributed by atoms with Gasteiger partial charge in [-0.15, -0.1) is 0 Å². The van der Waals surface area contributed by atoms with Gasteiger partial charge in [0.25, 0.3) is 0 Å². The van der Waals surface area contributed by atoms with Crippen molar-refractivity contribution in [2.45, 2.75) is 6.92 Å². The minimum atomic E-state index is 0.121. The molecule has 0 aliphatic heterocycles. The molecule has 0 aliphatic rings. The van der Waals surface area contributed by atoms with Crippen molar-refractivity contribution in [3.05, 3.63) is 35.9 Å². The molecule has 1 rings (SSSR count). The van der Waals surface area contributed by atoms with E-state index in [1.807, 2.05) is 30.3 Å². The Labute approximate surface area is 54.3 Å². The van der Waals surface area contributed by atoms with Crippen LogP contribution in [0.25, 0.3) is 0 Å². The van der Waals surface area contributed by atoms with E-state index in [0.29, 0.717) is 0 Å². The molecule has 0 unspecified atom stereocenters. The fraction of sp³-hybridized carbons (Fsp3) is 0.125. The Balaban J connectivity index is 2.98. The molecule has 0 saturated carbocycles. The molecular formula is C8H8O. The topological polar surface area (TPSA) is 17.1 Å². The van der Waals surface area contributed by atoms with Crippen molar-refractivity contribution in [1.29, 1.82) is 0 Å². The van der Waals surface area contributed by atoms with E-state index in [1.54, 1.807) is 6.92 Å². The van der Waals surface area contributed by atoms with E-state index in [-0.39, 0.29) is 5.78 Å². The summed E-state index contributed by atoms with van der Waals surface area (Å²) in [6.07, 6.45) is 0. The molecule has 0 aliphatic carbocycles. The van der Waals surface area contributed by atoms with E-state index in [4.69, 9.17) is 0 Å². The molecule has 1 aromatic rings. The molecule has 0 radical (unpaired) electrons. The Kier molecular flexibility index (Phi) is 1.63. The quantitative estimate of drug-likeness (QED) is 0.516. The minimum Gasteiger partial charge on any atom is -0.295 e. The highest BCUT2D eigenvalue weighted by molar-refractivity contribution is 5.93. The van der Waals surface area contributed by atoms with Crippen molar-refractivity contribution >= 4 is 5.78 Å². The Morgan fingerprint density at radius 2 is 1.78 bits per heavy atom. The highest BCUT2D eigenvalue weighted by Crippen LogP contribution is 1.97. The van der Waals surface area contributed by atoms with E-state index < -0.39 is 0 Å². The average molecular weight is 119 g/mol. The highest BCUT2D eigenvalue weighted by Gasteiger charge is 1.92. The standard InChI is InChI=1S/C8H8O/c1-7(9)8-5-3-2-4-6-8/h2-6H,1H3/i7-1. The summed E-state index contributed by atoms with van der Waals surface area (Å²) in [7, 11) is 0. The Hall–Kier alpha value is -1.11. The van der Waals surface area contributed by atoms with Crippen LogP contribution in [0.2, 0.25) is 0 Å². The van der Waals surface area contributed by atoms with Crippen LogP contribution in [0.4, 0.5) is 0 Å². The van der Waals surface area contributed by atoms with Crippen LogP contribution in [-0.4, -0.2) is 5.78 Å². The summed E-state index contributed by atoms with van der Waals surface area (Å²) in [4.78, 5) is 10.6. The summed E-state index contributed by atoms with van der Waals surface area (Å²) in [6.45, 7) is 1.56. The lowest BCUT2D eigenvalue weighted by Gasteiger charge is -1.89. The maximum atomic E-state index is 10.6. The van der Waals surface area contributed by atoms with Gasteiger partial charge in [0.15, 0.2) is 5.78 Å². The first-order valence-corrected chi connectivity index (χ1v) is 2.86. The number of hydrogen-bond donors (Lipinski definition) is 0. The van der Waals surface area contributed by atoms with Crippen molar-refractivity contribution in [2.75, 3.05) is 0 Å². The molecule has 1 nitrogen and oxygen atoms in total. The molecule has 0 bridgehead atoms. The molecule has 0 N–H and O–H groups in total. The van der Waals surface area contributed by atoms with Gasteiger partial charge in [-0.1, -0.05) is 30.3 Å². The molecule has 46 valence electrons. The van der Waals surface area contributed by atoms with Crippen LogP contribution >= 0.6 is 0 Å². The van der Waals surface area contributed by atoms with Gasteiger partial charge >= 0.3 is 0 Å². The van der Waals surface area contributed by atoms with Crippen LogP contribution in [0.1, 0.15) is 17.3 Å². The highest BCUT2D eigenvalue weighted by atomic mass is 16.1. The number of ketones is 1. The SMILES string of the molecule is C[11C](=O)c1ccccc1. The van der Waals surface area contributed by atoms with Crippen molar-refractivity contribution in [1.82, 2.24) is 0 Å². The number of rotatable bonds is 1. The van der Waals surface area contributed by atoms with E-state index in [9.17, 15) is 4.79 Å². The summed E-state index contributed by atoms with van der Waals surface area (Å²) in [6, 6.07) is 9.23. The molecule has 9 heavy (non-hydrogen) atoms. The molecule has 0 heterocycles. The van der Waals surface area contributed by atoms with Crippen LogP contribution in [0.3, 0.4) is 0 Å². The van der Waals surface area contributed by atoms with Crippen LogP contribution < -0.4 is 0 Å². The van der Waals surface area contributed by atoms with Crippen LogP contribution in [0, 0.1) is 0 Å². The molecule has 0 spiro atoms. The summed E-state index contributed by atoms with van der Waals surface area (Å²) < 4.78 is 0. The van der Waals surface area contributed by atoms with Gasteiger partial charge in [-0.2, -0.15) is 0 Å². The van der Waals surface area contributed by atoms with Gasteiger partial charge in [-0.25, -0.2) is 0 Å². The number of benzene rings is 1. The number of carbonyl (C=O) groups excluding carboxylic acids is 1. The fourth-order valence-corrected chi connectivity index (χ4v) is 0.673. The predicted octanol–water partition coefficient (Wildman–Crippen LogP) is 1.89. The maximum absolute atomic E-state index is 10.6. The molecule has 1 heteroatoms. The normalized spacial score (nSPS) is 9.00. The van der Waals surface area contributed by atoms with Crippen molar-refractivity contribution in [3.63, 3.8) is 0 Å². The van der Waals surface area contributed by atoms with Gasteiger partial charge < -0.3 is 0 Å². The molecular weight excluding hydrogens is 111 g/mol. The lowest BCUT2D eigenvalue weighted by Crippen LogP contribution is -1.88. The van der Waals surface area contributed by atoms with Crippen molar-refractivity contribution in [3.8, 4) is 0 Å². The molecule has 0 amide bonds.